The third kappa shape index (κ3) is 4.45. The van der Waals surface area contributed by atoms with E-state index in [-0.39, 0.29) is 34.7 Å². The van der Waals surface area contributed by atoms with Crippen LogP contribution < -0.4 is 16.2 Å². The monoisotopic (exact) mass is 490 g/mol. The third-order valence-corrected chi connectivity index (χ3v) is 6.58. The number of nitrogens with two attached hydrogens (primary N) is 1. The molecule has 12 heteroatoms. The fourth-order valence-corrected chi connectivity index (χ4v) is 4.62. The quantitative estimate of drug-likeness (QED) is 0.421. The molecule has 1 aliphatic carbocycles. The minimum Gasteiger partial charge on any atom is -0.365 e. The number of carbonyl (C=O) groups is 1. The van der Waals surface area contributed by atoms with Gasteiger partial charge in [-0.25, -0.2) is 23.1 Å². The first kappa shape index (κ1) is 23.2. The molecule has 0 atom stereocenters. The molecule has 35 heavy (non-hydrogen) atoms. The molecule has 184 valence electrons. The molecule has 8 nitrogen and oxygen atoms in total. The van der Waals surface area contributed by atoms with Crippen molar-refractivity contribution in [3.8, 4) is 0 Å². The van der Waals surface area contributed by atoms with Gasteiger partial charge in [0.05, 0.1) is 11.2 Å². The summed E-state index contributed by atoms with van der Waals surface area (Å²) in [5, 5.41) is 0. The van der Waals surface area contributed by atoms with Crippen LogP contribution >= 0.6 is 0 Å². The first-order valence-corrected chi connectivity index (χ1v) is 11.1. The smallest absolute Gasteiger partial charge is 0.270 e. The number of hydrogen-bond donors (Lipinski definition) is 2. The number of fused-ring (bicyclic) bond motifs is 1. The van der Waals surface area contributed by atoms with Crippen LogP contribution in [0.25, 0.3) is 11.0 Å². The predicted octanol–water partition coefficient (Wildman–Crippen LogP) is 2.53. The normalized spacial score (nSPS) is 18.6. The summed E-state index contributed by atoms with van der Waals surface area (Å²) >= 11 is 0. The van der Waals surface area contributed by atoms with Gasteiger partial charge in [-0.05, 0) is 18.2 Å². The van der Waals surface area contributed by atoms with Gasteiger partial charge in [0.1, 0.15) is 16.9 Å². The lowest BCUT2D eigenvalue weighted by Gasteiger charge is -2.36. The molecule has 1 aliphatic heterocycles. The van der Waals surface area contributed by atoms with E-state index in [9.17, 15) is 22.8 Å². The number of hydrogen-bond acceptors (Lipinski definition) is 6. The van der Waals surface area contributed by atoms with E-state index in [1.807, 2.05) is 4.90 Å². The molecule has 3 aromatic rings. The van der Waals surface area contributed by atoms with Crippen molar-refractivity contribution in [1.29, 1.82) is 0 Å². The zero-order chi connectivity index (χ0) is 24.9. The Bertz CT molecular complexity index is 1360. The van der Waals surface area contributed by atoms with E-state index in [0.717, 1.165) is 0 Å². The standard InChI is InChI=1S/C23H22F4N6O2/c24-17-12(1-2-14-19(17)31-22(35)18(29-14)13-9-23(26,27)10-13)11-32-5-7-33(8-6-32)16-4-3-15(21(28)34)30-20(16)25/h1-4,13H,5-11H2,(H2,28,34)(H,31,35). The van der Waals surface area contributed by atoms with E-state index in [4.69, 9.17) is 5.73 Å². The Morgan fingerprint density at radius 2 is 1.80 bits per heavy atom. The van der Waals surface area contributed by atoms with Crippen LogP contribution in [0.4, 0.5) is 23.2 Å². The summed E-state index contributed by atoms with van der Waals surface area (Å²) < 4.78 is 55.9. The van der Waals surface area contributed by atoms with E-state index in [1.165, 1.54) is 12.1 Å². The van der Waals surface area contributed by atoms with Gasteiger partial charge in [0.2, 0.25) is 11.9 Å². The predicted molar refractivity (Wildman–Crippen MR) is 119 cm³/mol. The van der Waals surface area contributed by atoms with Crippen LogP contribution in [0.5, 0.6) is 0 Å². The lowest BCUT2D eigenvalue weighted by atomic mass is 9.79. The van der Waals surface area contributed by atoms with E-state index < -0.39 is 47.9 Å². The summed E-state index contributed by atoms with van der Waals surface area (Å²) in [6.45, 7) is 2.20. The molecular weight excluding hydrogens is 468 g/mol. The van der Waals surface area contributed by atoms with Crippen molar-refractivity contribution in [2.75, 3.05) is 31.1 Å². The highest BCUT2D eigenvalue weighted by atomic mass is 19.3. The Balaban J connectivity index is 1.28. The summed E-state index contributed by atoms with van der Waals surface area (Å²) in [7, 11) is 0. The number of pyridine rings is 1. The Kier molecular flexibility index (Phi) is 5.70. The second-order valence-corrected chi connectivity index (χ2v) is 8.98. The number of nitrogens with one attached hydrogen (secondary N) is 1. The maximum absolute atomic E-state index is 15.2. The van der Waals surface area contributed by atoms with Crippen molar-refractivity contribution in [1.82, 2.24) is 19.9 Å². The number of carbonyl (C=O) groups excluding carboxylic acids is 1. The largest absolute Gasteiger partial charge is 0.365 e. The second-order valence-electron chi connectivity index (χ2n) is 8.98. The SMILES string of the molecule is NC(=O)c1ccc(N2CCN(Cc3ccc4nc(C5CC(F)(F)C5)c(=O)[nH]c4c3F)CC2)c(F)n1. The van der Waals surface area contributed by atoms with Crippen LogP contribution in [0.15, 0.2) is 29.1 Å². The summed E-state index contributed by atoms with van der Waals surface area (Å²) in [5.41, 5.74) is 5.11. The number of anilines is 1. The number of H-pyrrole nitrogens is 1. The maximum atomic E-state index is 15.2. The van der Waals surface area contributed by atoms with Crippen molar-refractivity contribution in [3.05, 3.63) is 63.3 Å². The minimum atomic E-state index is -2.79. The molecule has 1 saturated heterocycles. The number of halogens is 4. The number of benzene rings is 1. The van der Waals surface area contributed by atoms with E-state index in [0.29, 0.717) is 31.7 Å². The lowest BCUT2D eigenvalue weighted by Crippen LogP contribution is -2.46. The molecule has 3 heterocycles. The van der Waals surface area contributed by atoms with Gasteiger partial charge in [-0.2, -0.15) is 4.39 Å². The highest BCUT2D eigenvalue weighted by molar-refractivity contribution is 5.90. The number of amides is 1. The number of rotatable bonds is 5. The average molecular weight is 490 g/mol. The molecule has 1 amide bonds. The van der Waals surface area contributed by atoms with Gasteiger partial charge in [-0.15, -0.1) is 0 Å². The van der Waals surface area contributed by atoms with Crippen LogP contribution in [-0.4, -0.2) is 57.9 Å². The Hall–Kier alpha value is -3.54. The summed E-state index contributed by atoms with van der Waals surface area (Å²) in [6.07, 6.45) is -0.868. The molecular formula is C23H22F4N6O2. The van der Waals surface area contributed by atoms with Crippen LogP contribution in [0.3, 0.4) is 0 Å². The molecule has 2 aliphatic rings. The number of aromatic nitrogens is 3. The average Bonchev–Trinajstić information content (AvgIpc) is 2.80. The molecule has 2 aromatic heterocycles. The molecule has 0 spiro atoms. The molecule has 1 saturated carbocycles. The zero-order valence-corrected chi connectivity index (χ0v) is 18.5. The lowest BCUT2D eigenvalue weighted by molar-refractivity contribution is -0.0878. The molecule has 3 N–H and O–H groups in total. The Labute approximate surface area is 196 Å². The van der Waals surface area contributed by atoms with Crippen LogP contribution in [0.1, 0.15) is 40.5 Å². The molecule has 0 bridgehead atoms. The van der Waals surface area contributed by atoms with Crippen LogP contribution in [-0.2, 0) is 6.54 Å². The van der Waals surface area contributed by atoms with Crippen molar-refractivity contribution < 1.29 is 22.4 Å². The third-order valence-electron chi connectivity index (χ3n) is 6.58. The fourth-order valence-electron chi connectivity index (χ4n) is 4.62. The summed E-state index contributed by atoms with van der Waals surface area (Å²) in [6, 6.07) is 5.97. The molecule has 1 aromatic carbocycles. The number of nitrogens with zero attached hydrogens (tertiary/aromatic N) is 4. The Morgan fingerprint density at radius 1 is 1.09 bits per heavy atom. The van der Waals surface area contributed by atoms with Gasteiger partial charge >= 0.3 is 0 Å². The second kappa shape index (κ2) is 8.59. The Morgan fingerprint density at radius 3 is 2.43 bits per heavy atom. The zero-order valence-electron chi connectivity index (χ0n) is 18.5. The molecule has 0 unspecified atom stereocenters. The molecule has 2 fully saturated rings. The number of alkyl halides is 2. The minimum absolute atomic E-state index is 0.0114. The van der Waals surface area contributed by atoms with Crippen molar-refractivity contribution in [3.63, 3.8) is 0 Å². The first-order chi connectivity index (χ1) is 16.6. The number of piperazine rings is 1. The fraction of sp³-hybridized carbons (Fsp3) is 0.391. The molecule has 0 radical (unpaired) electrons. The van der Waals surface area contributed by atoms with Crippen molar-refractivity contribution in [2.45, 2.75) is 31.2 Å². The van der Waals surface area contributed by atoms with Gasteiger partial charge in [0.25, 0.3) is 11.5 Å². The topological polar surface area (TPSA) is 108 Å². The maximum Gasteiger partial charge on any atom is 0.270 e. The van der Waals surface area contributed by atoms with Gasteiger partial charge in [-0.1, -0.05) is 6.07 Å². The van der Waals surface area contributed by atoms with Crippen molar-refractivity contribution in [2.24, 2.45) is 5.73 Å². The van der Waals surface area contributed by atoms with Gasteiger partial charge < -0.3 is 15.6 Å². The van der Waals surface area contributed by atoms with Crippen molar-refractivity contribution >= 4 is 22.6 Å². The first-order valence-electron chi connectivity index (χ1n) is 11.1. The number of primary amides is 1. The summed E-state index contributed by atoms with van der Waals surface area (Å²) in [5.74, 6) is -5.63. The van der Waals surface area contributed by atoms with Gasteiger partial charge in [0.15, 0.2) is 5.82 Å². The van der Waals surface area contributed by atoms with E-state index in [1.54, 1.807) is 17.0 Å². The number of aromatic amines is 1. The highest BCUT2D eigenvalue weighted by Gasteiger charge is 2.47. The van der Waals surface area contributed by atoms with E-state index in [2.05, 4.69) is 15.0 Å². The van der Waals surface area contributed by atoms with E-state index >= 15 is 4.39 Å². The van der Waals surface area contributed by atoms with Crippen LogP contribution in [0, 0.1) is 11.8 Å². The van der Waals surface area contributed by atoms with Gasteiger partial charge in [0, 0.05) is 57.0 Å². The van der Waals surface area contributed by atoms with Gasteiger partial charge in [-0.3, -0.25) is 14.5 Å². The molecule has 5 rings (SSSR count). The highest BCUT2D eigenvalue weighted by Crippen LogP contribution is 2.47. The van der Waals surface area contributed by atoms with Crippen LogP contribution in [0.2, 0.25) is 0 Å². The summed E-state index contributed by atoms with van der Waals surface area (Å²) in [4.78, 5) is 37.6.